The second-order valence-electron chi connectivity index (χ2n) is 6.80. The van der Waals surface area contributed by atoms with Gasteiger partial charge in [0, 0.05) is 17.8 Å². The number of halogens is 1. The fourth-order valence-corrected chi connectivity index (χ4v) is 2.51. The molecule has 7 nitrogen and oxygen atoms in total. The molecular weight excluding hydrogens is 359 g/mol. The van der Waals surface area contributed by atoms with E-state index in [1.807, 2.05) is 14.1 Å². The van der Waals surface area contributed by atoms with Crippen LogP contribution in [0.2, 0.25) is 0 Å². The minimum Gasteiger partial charge on any atom is -0.351 e. The van der Waals surface area contributed by atoms with Crippen molar-refractivity contribution in [1.29, 1.82) is 0 Å². The summed E-state index contributed by atoms with van der Waals surface area (Å²) in [7, 11) is 3.98. The molecule has 2 rings (SSSR count). The van der Waals surface area contributed by atoms with Gasteiger partial charge in [-0.3, -0.25) is 4.79 Å². The average Bonchev–Trinajstić information content (AvgIpc) is 2.64. The van der Waals surface area contributed by atoms with Gasteiger partial charge in [0.05, 0.1) is 5.69 Å². The number of carbonyl (C=O) groups is 1. The Balaban J connectivity index is 2.19. The molecule has 1 aromatic heterocycles. The Morgan fingerprint density at radius 3 is 2.71 bits per heavy atom. The topological polar surface area (TPSA) is 82.5 Å². The van der Waals surface area contributed by atoms with E-state index in [1.54, 1.807) is 32.9 Å². The largest absolute Gasteiger partial charge is 0.351 e. The quantitative estimate of drug-likeness (QED) is 0.538. The van der Waals surface area contributed by atoms with Crippen molar-refractivity contribution in [2.45, 2.75) is 27.2 Å². The lowest BCUT2D eigenvalue weighted by Crippen LogP contribution is -2.31. The smallest absolute Gasteiger partial charge is 0.265 e. The molecule has 0 unspecified atom stereocenters. The van der Waals surface area contributed by atoms with Gasteiger partial charge in [-0.15, -0.1) is 0 Å². The van der Waals surface area contributed by atoms with Gasteiger partial charge in [-0.1, -0.05) is 6.07 Å². The lowest BCUT2D eigenvalue weighted by Gasteiger charge is -2.13. The summed E-state index contributed by atoms with van der Waals surface area (Å²) >= 11 is 0. The van der Waals surface area contributed by atoms with Crippen molar-refractivity contribution in [1.82, 2.24) is 20.2 Å². The summed E-state index contributed by atoms with van der Waals surface area (Å²) in [4.78, 5) is 27.2. The number of nitrogens with one attached hydrogen (secondary N) is 2. The van der Waals surface area contributed by atoms with Crippen LogP contribution < -0.4 is 10.6 Å². The third kappa shape index (κ3) is 5.82. The molecule has 1 aromatic carbocycles. The van der Waals surface area contributed by atoms with Crippen LogP contribution in [0.5, 0.6) is 0 Å². The van der Waals surface area contributed by atoms with Crippen molar-refractivity contribution in [3.63, 3.8) is 0 Å². The van der Waals surface area contributed by atoms with E-state index in [0.717, 1.165) is 13.0 Å². The highest BCUT2D eigenvalue weighted by Gasteiger charge is 2.13. The van der Waals surface area contributed by atoms with Gasteiger partial charge in [0.15, 0.2) is 5.82 Å². The van der Waals surface area contributed by atoms with Crippen molar-refractivity contribution < 1.29 is 9.18 Å². The molecule has 1 amide bonds. The third-order valence-corrected chi connectivity index (χ3v) is 4.20. The zero-order valence-electron chi connectivity index (χ0n) is 17.0. The van der Waals surface area contributed by atoms with Crippen molar-refractivity contribution in [2.75, 3.05) is 32.5 Å². The fourth-order valence-electron chi connectivity index (χ4n) is 2.51. The first-order chi connectivity index (χ1) is 13.3. The number of aryl methyl sites for hydroxylation is 1. The van der Waals surface area contributed by atoms with Crippen LogP contribution in [0.4, 0.5) is 21.6 Å². The zero-order chi connectivity index (χ0) is 20.7. The van der Waals surface area contributed by atoms with E-state index < -0.39 is 0 Å². The van der Waals surface area contributed by atoms with Crippen LogP contribution in [0, 0.1) is 19.7 Å². The molecule has 0 saturated heterocycles. The fraction of sp³-hybridized carbons (Fsp3) is 0.400. The molecule has 150 valence electrons. The zero-order valence-corrected chi connectivity index (χ0v) is 17.0. The van der Waals surface area contributed by atoms with Crippen LogP contribution in [-0.2, 0) is 4.79 Å². The molecule has 0 aliphatic carbocycles. The molecule has 0 aliphatic rings. The van der Waals surface area contributed by atoms with Crippen LogP contribution in [0.15, 0.2) is 29.5 Å². The number of anilines is 2. The molecule has 2 N–H and O–H groups in total. The Bertz CT molecular complexity index is 866. The number of hydrogen-bond acceptors (Lipinski definition) is 6. The molecule has 0 aliphatic heterocycles. The Hall–Kier alpha value is -2.87. The Kier molecular flexibility index (Phi) is 7.57. The molecule has 28 heavy (non-hydrogen) atoms. The molecule has 0 spiro atoms. The first kappa shape index (κ1) is 21.4. The number of carbonyl (C=O) groups excluding carboxylic acids is 1. The first-order valence-electron chi connectivity index (χ1n) is 9.11. The number of amides is 1. The lowest BCUT2D eigenvalue weighted by atomic mass is 10.2. The average molecular weight is 386 g/mol. The van der Waals surface area contributed by atoms with Crippen molar-refractivity contribution in [3.05, 3.63) is 41.6 Å². The molecule has 2 aromatic rings. The van der Waals surface area contributed by atoms with Gasteiger partial charge in [0.1, 0.15) is 23.5 Å². The maximum Gasteiger partial charge on any atom is 0.265 e. The molecule has 0 radical (unpaired) electrons. The molecular formula is C20H27FN6O. The highest BCUT2D eigenvalue weighted by molar-refractivity contribution is 6.38. The second kappa shape index (κ2) is 9.89. The normalized spacial score (nSPS) is 11.6. The summed E-state index contributed by atoms with van der Waals surface area (Å²) in [5, 5.41) is 5.95. The van der Waals surface area contributed by atoms with Gasteiger partial charge in [-0.05, 0) is 60.0 Å². The van der Waals surface area contributed by atoms with E-state index in [1.165, 1.54) is 12.4 Å². The number of aliphatic imine (C=N–C) groups is 1. The standard InChI is InChI=1S/C20H27FN6O/c1-13-16(21)8-6-9-17(13)26-19-18(14(2)23-12-24-19)25-15(3)20(28)22-10-7-11-27(4)5/h6,8-9,12H,7,10-11H2,1-5H3,(H,22,28)(H,23,24,26)/b25-15+. The van der Waals surface area contributed by atoms with Gasteiger partial charge < -0.3 is 15.5 Å². The summed E-state index contributed by atoms with van der Waals surface area (Å²) in [6, 6.07) is 4.78. The first-order valence-corrected chi connectivity index (χ1v) is 9.11. The van der Waals surface area contributed by atoms with Gasteiger partial charge in [-0.2, -0.15) is 0 Å². The number of benzene rings is 1. The summed E-state index contributed by atoms with van der Waals surface area (Å²) in [5.74, 6) is -0.134. The maximum atomic E-state index is 13.8. The van der Waals surface area contributed by atoms with E-state index >= 15 is 0 Å². The van der Waals surface area contributed by atoms with Crippen molar-refractivity contribution in [2.24, 2.45) is 4.99 Å². The van der Waals surface area contributed by atoms with Crippen LogP contribution in [0.1, 0.15) is 24.6 Å². The third-order valence-electron chi connectivity index (χ3n) is 4.20. The molecule has 0 saturated carbocycles. The summed E-state index contributed by atoms with van der Waals surface area (Å²) in [5.41, 5.74) is 2.43. The molecule has 0 fully saturated rings. The summed E-state index contributed by atoms with van der Waals surface area (Å²) in [6.45, 7) is 6.57. The van der Waals surface area contributed by atoms with Crippen LogP contribution >= 0.6 is 0 Å². The molecule has 8 heteroatoms. The maximum absolute atomic E-state index is 13.8. The van der Waals surface area contributed by atoms with E-state index in [9.17, 15) is 9.18 Å². The highest BCUT2D eigenvalue weighted by Crippen LogP contribution is 2.30. The van der Waals surface area contributed by atoms with Crippen LogP contribution in [0.3, 0.4) is 0 Å². The van der Waals surface area contributed by atoms with E-state index in [0.29, 0.717) is 40.7 Å². The van der Waals surface area contributed by atoms with Gasteiger partial charge >= 0.3 is 0 Å². The highest BCUT2D eigenvalue weighted by atomic mass is 19.1. The minimum absolute atomic E-state index is 0.241. The van der Waals surface area contributed by atoms with Gasteiger partial charge in [-0.25, -0.2) is 19.4 Å². The summed E-state index contributed by atoms with van der Waals surface area (Å²) in [6.07, 6.45) is 2.26. The van der Waals surface area contributed by atoms with E-state index in [4.69, 9.17) is 0 Å². The van der Waals surface area contributed by atoms with E-state index in [-0.39, 0.29) is 11.7 Å². The Morgan fingerprint density at radius 1 is 1.25 bits per heavy atom. The van der Waals surface area contributed by atoms with Crippen molar-refractivity contribution >= 4 is 28.8 Å². The van der Waals surface area contributed by atoms with Gasteiger partial charge in [0.2, 0.25) is 0 Å². The number of rotatable bonds is 8. The Morgan fingerprint density at radius 2 is 2.00 bits per heavy atom. The molecule has 1 heterocycles. The van der Waals surface area contributed by atoms with Crippen LogP contribution in [0.25, 0.3) is 0 Å². The second-order valence-corrected chi connectivity index (χ2v) is 6.80. The minimum atomic E-state index is -0.311. The number of nitrogens with zero attached hydrogens (tertiary/aromatic N) is 4. The lowest BCUT2D eigenvalue weighted by molar-refractivity contribution is -0.114. The monoisotopic (exact) mass is 386 g/mol. The number of hydrogen-bond donors (Lipinski definition) is 2. The predicted octanol–water partition coefficient (Wildman–Crippen LogP) is 3.14. The van der Waals surface area contributed by atoms with Gasteiger partial charge in [0.25, 0.3) is 5.91 Å². The Labute approximate surface area is 165 Å². The van der Waals surface area contributed by atoms with Crippen LogP contribution in [-0.4, -0.2) is 53.7 Å². The molecule has 0 atom stereocenters. The van der Waals surface area contributed by atoms with Crippen molar-refractivity contribution in [3.8, 4) is 0 Å². The molecule has 0 bridgehead atoms. The SMILES string of the molecule is C/C(=N\c1c(C)ncnc1Nc1cccc(F)c1C)C(=O)NCCCN(C)C. The predicted molar refractivity (Wildman–Crippen MR) is 110 cm³/mol. The number of aromatic nitrogens is 2. The van der Waals surface area contributed by atoms with E-state index in [2.05, 4.69) is 30.5 Å². The summed E-state index contributed by atoms with van der Waals surface area (Å²) < 4.78 is 13.8.